The number of benzene rings is 1. The first-order chi connectivity index (χ1) is 9.55. The highest BCUT2D eigenvalue weighted by atomic mass is 16.5. The molecule has 1 aromatic carbocycles. The number of ether oxygens (including phenoxy) is 1. The van der Waals surface area contributed by atoms with Gasteiger partial charge in [-0.2, -0.15) is 0 Å². The van der Waals surface area contributed by atoms with Gasteiger partial charge in [-0.05, 0) is 23.8 Å². The first kappa shape index (κ1) is 14.0. The first-order valence-electron chi connectivity index (χ1n) is 5.96. The van der Waals surface area contributed by atoms with Crippen LogP contribution in [0.3, 0.4) is 0 Å². The van der Waals surface area contributed by atoms with Crippen molar-refractivity contribution in [3.05, 3.63) is 35.6 Å². The van der Waals surface area contributed by atoms with Crippen molar-refractivity contribution < 1.29 is 24.2 Å². The Morgan fingerprint density at radius 3 is 2.70 bits per heavy atom. The Morgan fingerprint density at radius 1 is 1.35 bits per heavy atom. The van der Waals surface area contributed by atoms with E-state index in [-0.39, 0.29) is 24.5 Å². The fourth-order valence-electron chi connectivity index (χ4n) is 1.94. The third kappa shape index (κ3) is 2.75. The number of phenolic OH excluding ortho intramolecular Hbond substituents is 2. The highest BCUT2D eigenvalue weighted by Crippen LogP contribution is 2.37. The molecule has 106 valence electrons. The van der Waals surface area contributed by atoms with Crippen LogP contribution in [0.5, 0.6) is 11.5 Å². The molecule has 0 aliphatic rings. The molecule has 0 spiro atoms. The molecule has 2 rings (SSSR count). The second-order valence-electron chi connectivity index (χ2n) is 4.22. The Morgan fingerprint density at radius 2 is 2.10 bits per heavy atom. The Hall–Kier alpha value is -2.47. The largest absolute Gasteiger partial charge is 0.508 e. The molecule has 0 aliphatic heterocycles. The van der Waals surface area contributed by atoms with Crippen molar-refractivity contribution in [2.75, 3.05) is 7.11 Å². The molecular formula is C14H15NO5. The van der Waals surface area contributed by atoms with Gasteiger partial charge in [0.1, 0.15) is 23.0 Å². The summed E-state index contributed by atoms with van der Waals surface area (Å²) in [4.78, 5) is 11.4. The average molecular weight is 277 g/mol. The van der Waals surface area contributed by atoms with E-state index in [9.17, 15) is 15.0 Å². The summed E-state index contributed by atoms with van der Waals surface area (Å²) in [7, 11) is 1.27. The summed E-state index contributed by atoms with van der Waals surface area (Å²) in [6, 6.07) is 5.90. The van der Waals surface area contributed by atoms with Gasteiger partial charge in [0.2, 0.25) is 0 Å². The minimum atomic E-state index is -0.484. The van der Waals surface area contributed by atoms with Crippen molar-refractivity contribution in [1.29, 1.82) is 0 Å². The molecule has 0 saturated heterocycles. The number of rotatable bonds is 4. The van der Waals surface area contributed by atoms with E-state index < -0.39 is 5.97 Å². The number of aromatic hydroxyl groups is 2. The number of hydrogen-bond acceptors (Lipinski definition) is 6. The summed E-state index contributed by atoms with van der Waals surface area (Å²) in [5.41, 5.74) is 6.22. The molecule has 6 heteroatoms. The molecule has 20 heavy (non-hydrogen) atoms. The van der Waals surface area contributed by atoms with E-state index >= 15 is 0 Å². The van der Waals surface area contributed by atoms with Crippen LogP contribution in [0.1, 0.15) is 11.3 Å². The van der Waals surface area contributed by atoms with Gasteiger partial charge in [0.05, 0.1) is 25.6 Å². The zero-order valence-electron chi connectivity index (χ0n) is 10.9. The Labute approximate surface area is 115 Å². The van der Waals surface area contributed by atoms with Crippen LogP contribution in [0.4, 0.5) is 0 Å². The van der Waals surface area contributed by atoms with Crippen LogP contribution >= 0.6 is 0 Å². The fourth-order valence-corrected chi connectivity index (χ4v) is 1.94. The van der Waals surface area contributed by atoms with Gasteiger partial charge in [0.25, 0.3) is 0 Å². The molecule has 0 fully saturated rings. The van der Waals surface area contributed by atoms with Gasteiger partial charge in [0.15, 0.2) is 0 Å². The minimum Gasteiger partial charge on any atom is -0.508 e. The number of nitrogens with two attached hydrogens (primary N) is 1. The maximum absolute atomic E-state index is 11.4. The zero-order valence-corrected chi connectivity index (χ0v) is 10.9. The highest BCUT2D eigenvalue weighted by molar-refractivity contribution is 5.79. The molecular weight excluding hydrogens is 262 g/mol. The number of furan rings is 1. The standard InChI is InChI=1S/C14H15NO5/c1-19-13(18)5-8-4-9(16)6-11(17)14(8)12-3-2-10(7-15)20-12/h2-4,6,16-17H,5,7,15H2,1H3. The normalized spacial score (nSPS) is 10.5. The predicted molar refractivity (Wildman–Crippen MR) is 71.1 cm³/mol. The van der Waals surface area contributed by atoms with Gasteiger partial charge >= 0.3 is 5.97 Å². The topological polar surface area (TPSA) is 106 Å². The van der Waals surface area contributed by atoms with Crippen molar-refractivity contribution in [2.24, 2.45) is 5.73 Å². The molecule has 0 radical (unpaired) electrons. The summed E-state index contributed by atoms with van der Waals surface area (Å²) >= 11 is 0. The molecule has 6 nitrogen and oxygen atoms in total. The zero-order chi connectivity index (χ0) is 14.7. The molecule has 0 unspecified atom stereocenters. The van der Waals surface area contributed by atoms with E-state index in [1.54, 1.807) is 12.1 Å². The lowest BCUT2D eigenvalue weighted by Gasteiger charge is -2.10. The summed E-state index contributed by atoms with van der Waals surface area (Å²) in [6.07, 6.45) is -0.0908. The van der Waals surface area contributed by atoms with Crippen molar-refractivity contribution in [2.45, 2.75) is 13.0 Å². The van der Waals surface area contributed by atoms with Gasteiger partial charge in [-0.3, -0.25) is 4.79 Å². The Balaban J connectivity index is 2.52. The molecule has 0 amide bonds. The lowest BCUT2D eigenvalue weighted by atomic mass is 10.0. The Bertz CT molecular complexity index is 632. The molecule has 0 saturated carbocycles. The fraction of sp³-hybridized carbons (Fsp3) is 0.214. The van der Waals surface area contributed by atoms with Crippen LogP contribution < -0.4 is 5.73 Å². The van der Waals surface area contributed by atoms with E-state index in [0.717, 1.165) is 0 Å². The lowest BCUT2D eigenvalue weighted by molar-refractivity contribution is -0.139. The monoisotopic (exact) mass is 277 g/mol. The number of hydrogen-bond donors (Lipinski definition) is 3. The van der Waals surface area contributed by atoms with Gasteiger partial charge in [0, 0.05) is 6.07 Å². The van der Waals surface area contributed by atoms with E-state index in [1.165, 1.54) is 19.2 Å². The average Bonchev–Trinajstić information content (AvgIpc) is 2.86. The summed E-state index contributed by atoms with van der Waals surface area (Å²) in [6.45, 7) is 0.227. The molecule has 0 atom stereocenters. The number of methoxy groups -OCH3 is 1. The van der Waals surface area contributed by atoms with Crippen molar-refractivity contribution in [1.82, 2.24) is 0 Å². The molecule has 2 aromatic rings. The number of phenols is 2. The van der Waals surface area contributed by atoms with E-state index in [1.807, 2.05) is 0 Å². The van der Waals surface area contributed by atoms with Gasteiger partial charge in [-0.1, -0.05) is 0 Å². The molecule has 1 aromatic heterocycles. The Kier molecular flexibility index (Phi) is 3.95. The second kappa shape index (κ2) is 5.66. The van der Waals surface area contributed by atoms with Crippen LogP contribution in [0, 0.1) is 0 Å². The molecule has 0 aliphatic carbocycles. The van der Waals surface area contributed by atoms with Gasteiger partial charge in [-0.25, -0.2) is 0 Å². The van der Waals surface area contributed by atoms with E-state index in [4.69, 9.17) is 10.2 Å². The van der Waals surface area contributed by atoms with Crippen molar-refractivity contribution in [3.8, 4) is 22.8 Å². The van der Waals surface area contributed by atoms with Gasteiger partial charge in [-0.15, -0.1) is 0 Å². The predicted octanol–water partition coefficient (Wildman–Crippen LogP) is 1.53. The van der Waals surface area contributed by atoms with E-state index in [0.29, 0.717) is 22.6 Å². The lowest BCUT2D eigenvalue weighted by Crippen LogP contribution is -2.05. The van der Waals surface area contributed by atoms with Gasteiger partial charge < -0.3 is 25.1 Å². The van der Waals surface area contributed by atoms with Crippen LogP contribution in [0.25, 0.3) is 11.3 Å². The van der Waals surface area contributed by atoms with Crippen molar-refractivity contribution in [3.63, 3.8) is 0 Å². The SMILES string of the molecule is COC(=O)Cc1cc(O)cc(O)c1-c1ccc(CN)o1. The quantitative estimate of drug-likeness (QED) is 0.732. The maximum Gasteiger partial charge on any atom is 0.310 e. The summed E-state index contributed by atoms with van der Waals surface area (Å²) in [5, 5.41) is 19.5. The summed E-state index contributed by atoms with van der Waals surface area (Å²) in [5.74, 6) is 0.123. The third-order valence-corrected chi connectivity index (χ3v) is 2.86. The van der Waals surface area contributed by atoms with Crippen molar-refractivity contribution >= 4 is 5.97 Å². The summed E-state index contributed by atoms with van der Waals surface area (Å²) < 4.78 is 10.1. The smallest absolute Gasteiger partial charge is 0.310 e. The van der Waals surface area contributed by atoms with Crippen LogP contribution in [0.2, 0.25) is 0 Å². The number of esters is 1. The number of carbonyl (C=O) groups excluding carboxylic acids is 1. The minimum absolute atomic E-state index is 0.0908. The number of carbonyl (C=O) groups is 1. The second-order valence-corrected chi connectivity index (χ2v) is 4.22. The van der Waals surface area contributed by atoms with E-state index in [2.05, 4.69) is 4.74 Å². The highest BCUT2D eigenvalue weighted by Gasteiger charge is 2.18. The molecule has 4 N–H and O–H groups in total. The first-order valence-corrected chi connectivity index (χ1v) is 5.96. The molecule has 1 heterocycles. The van der Waals surface area contributed by atoms with Crippen LogP contribution in [-0.2, 0) is 22.5 Å². The third-order valence-electron chi connectivity index (χ3n) is 2.86. The van der Waals surface area contributed by atoms with Crippen LogP contribution in [0.15, 0.2) is 28.7 Å². The molecule has 0 bridgehead atoms. The van der Waals surface area contributed by atoms with Crippen LogP contribution in [-0.4, -0.2) is 23.3 Å². The maximum atomic E-state index is 11.4.